The van der Waals surface area contributed by atoms with Crippen LogP contribution in [-0.2, 0) is 0 Å². The summed E-state index contributed by atoms with van der Waals surface area (Å²) in [6.07, 6.45) is 6.12. The summed E-state index contributed by atoms with van der Waals surface area (Å²) in [5.41, 5.74) is 0. The molecule has 2 atom stereocenters. The van der Waals surface area contributed by atoms with Crippen LogP contribution in [0.5, 0.6) is 0 Å². The van der Waals surface area contributed by atoms with E-state index in [1.807, 2.05) is 0 Å². The predicted octanol–water partition coefficient (Wildman–Crippen LogP) is 3.22. The first-order chi connectivity index (χ1) is 6.11. The minimum Gasteiger partial charge on any atom is -0.393 e. The van der Waals surface area contributed by atoms with Crippen LogP contribution in [0.3, 0.4) is 0 Å². The Balaban J connectivity index is 2.05. The lowest BCUT2D eigenvalue weighted by molar-refractivity contribution is 0.0929. The van der Waals surface area contributed by atoms with Gasteiger partial charge < -0.3 is 5.11 Å². The average molecular weight is 184 g/mol. The zero-order valence-electron chi connectivity index (χ0n) is 9.29. The summed E-state index contributed by atoms with van der Waals surface area (Å²) in [5.74, 6) is 2.17. The Morgan fingerprint density at radius 1 is 1.15 bits per heavy atom. The van der Waals surface area contributed by atoms with Gasteiger partial charge in [-0.15, -0.1) is 0 Å². The summed E-state index contributed by atoms with van der Waals surface area (Å²) >= 11 is 0. The van der Waals surface area contributed by atoms with Gasteiger partial charge in [-0.3, -0.25) is 0 Å². The summed E-state index contributed by atoms with van der Waals surface area (Å²) in [6.45, 7) is 6.70. The standard InChI is InChI=1S/C12H24O/c1-9(2)5-4-6-12(13)10(3)11-7-8-11/h9-13H,4-8H2,1-3H3. The van der Waals surface area contributed by atoms with Crippen LogP contribution in [-0.4, -0.2) is 11.2 Å². The molecule has 1 fully saturated rings. The average Bonchev–Trinajstić information content (AvgIpc) is 2.84. The Kier molecular flexibility index (Phi) is 4.24. The molecule has 1 aliphatic rings. The Bertz CT molecular complexity index is 138. The van der Waals surface area contributed by atoms with Gasteiger partial charge in [-0.05, 0) is 37.0 Å². The normalized spacial score (nSPS) is 21.9. The van der Waals surface area contributed by atoms with Gasteiger partial charge >= 0.3 is 0 Å². The molecule has 0 aromatic rings. The fourth-order valence-electron chi connectivity index (χ4n) is 1.93. The molecule has 1 heteroatoms. The molecule has 0 aromatic carbocycles. The van der Waals surface area contributed by atoms with Crippen molar-refractivity contribution in [2.24, 2.45) is 17.8 Å². The molecule has 0 aromatic heterocycles. The minimum absolute atomic E-state index is 0.0359. The molecule has 78 valence electrons. The van der Waals surface area contributed by atoms with E-state index in [4.69, 9.17) is 0 Å². The van der Waals surface area contributed by atoms with Crippen molar-refractivity contribution in [3.05, 3.63) is 0 Å². The van der Waals surface area contributed by atoms with Gasteiger partial charge in [-0.1, -0.05) is 33.6 Å². The first kappa shape index (κ1) is 11.0. The predicted molar refractivity (Wildman–Crippen MR) is 56.6 cm³/mol. The van der Waals surface area contributed by atoms with Crippen molar-refractivity contribution in [3.63, 3.8) is 0 Å². The van der Waals surface area contributed by atoms with Crippen LogP contribution in [0.25, 0.3) is 0 Å². The van der Waals surface area contributed by atoms with Crippen LogP contribution < -0.4 is 0 Å². The van der Waals surface area contributed by atoms with Gasteiger partial charge in [0.05, 0.1) is 6.10 Å². The van der Waals surface area contributed by atoms with E-state index in [0.29, 0.717) is 5.92 Å². The van der Waals surface area contributed by atoms with Crippen molar-refractivity contribution < 1.29 is 5.11 Å². The minimum atomic E-state index is -0.0359. The highest BCUT2D eigenvalue weighted by Crippen LogP contribution is 2.39. The maximum Gasteiger partial charge on any atom is 0.0568 e. The molecule has 0 saturated heterocycles. The topological polar surface area (TPSA) is 20.2 Å². The van der Waals surface area contributed by atoms with E-state index in [0.717, 1.165) is 18.3 Å². The lowest BCUT2D eigenvalue weighted by atomic mass is 9.94. The van der Waals surface area contributed by atoms with E-state index in [1.165, 1.54) is 25.7 Å². The van der Waals surface area contributed by atoms with Crippen LogP contribution in [0.15, 0.2) is 0 Å². The first-order valence-electron chi connectivity index (χ1n) is 5.79. The molecule has 0 amide bonds. The van der Waals surface area contributed by atoms with Crippen LogP contribution in [0.2, 0.25) is 0 Å². The second-order valence-electron chi connectivity index (χ2n) is 5.09. The van der Waals surface area contributed by atoms with Gasteiger partial charge in [0.25, 0.3) is 0 Å². The SMILES string of the molecule is CC(C)CCCC(O)C(C)C1CC1. The summed E-state index contributed by atoms with van der Waals surface area (Å²) < 4.78 is 0. The molecule has 2 unspecified atom stereocenters. The van der Waals surface area contributed by atoms with Crippen molar-refractivity contribution >= 4 is 0 Å². The largest absolute Gasteiger partial charge is 0.393 e. The quantitative estimate of drug-likeness (QED) is 0.672. The molecule has 1 aliphatic carbocycles. The summed E-state index contributed by atoms with van der Waals surface area (Å²) in [5, 5.41) is 9.84. The Morgan fingerprint density at radius 2 is 1.77 bits per heavy atom. The van der Waals surface area contributed by atoms with Gasteiger partial charge in [-0.25, -0.2) is 0 Å². The lowest BCUT2D eigenvalue weighted by Gasteiger charge is -2.18. The van der Waals surface area contributed by atoms with E-state index >= 15 is 0 Å². The summed E-state index contributed by atoms with van der Waals surface area (Å²) in [7, 11) is 0. The maximum absolute atomic E-state index is 9.84. The molecular formula is C12H24O. The van der Waals surface area contributed by atoms with Crippen molar-refractivity contribution in [1.82, 2.24) is 0 Å². The molecule has 0 radical (unpaired) electrons. The van der Waals surface area contributed by atoms with Crippen molar-refractivity contribution in [3.8, 4) is 0 Å². The van der Waals surface area contributed by atoms with Crippen molar-refractivity contribution in [2.45, 2.75) is 59.0 Å². The molecule has 1 saturated carbocycles. The highest BCUT2D eigenvalue weighted by atomic mass is 16.3. The summed E-state index contributed by atoms with van der Waals surface area (Å²) in [4.78, 5) is 0. The van der Waals surface area contributed by atoms with Crippen LogP contribution >= 0.6 is 0 Å². The van der Waals surface area contributed by atoms with E-state index < -0.39 is 0 Å². The zero-order valence-corrected chi connectivity index (χ0v) is 9.29. The highest BCUT2D eigenvalue weighted by Gasteiger charge is 2.31. The lowest BCUT2D eigenvalue weighted by Crippen LogP contribution is -2.19. The fourth-order valence-corrected chi connectivity index (χ4v) is 1.93. The number of hydrogen-bond donors (Lipinski definition) is 1. The first-order valence-corrected chi connectivity index (χ1v) is 5.79. The third-order valence-electron chi connectivity index (χ3n) is 3.25. The molecule has 1 nitrogen and oxygen atoms in total. The van der Waals surface area contributed by atoms with Gasteiger partial charge in [0.15, 0.2) is 0 Å². The molecule has 1 N–H and O–H groups in total. The smallest absolute Gasteiger partial charge is 0.0568 e. The molecule has 13 heavy (non-hydrogen) atoms. The molecule has 0 aliphatic heterocycles. The Hall–Kier alpha value is -0.0400. The van der Waals surface area contributed by atoms with Crippen LogP contribution in [0, 0.1) is 17.8 Å². The van der Waals surface area contributed by atoms with Crippen molar-refractivity contribution in [2.75, 3.05) is 0 Å². The molecule has 0 heterocycles. The van der Waals surface area contributed by atoms with Crippen LogP contribution in [0.1, 0.15) is 52.9 Å². The zero-order chi connectivity index (χ0) is 9.84. The molecule has 1 rings (SSSR count). The van der Waals surface area contributed by atoms with Gasteiger partial charge in [-0.2, -0.15) is 0 Å². The number of rotatable bonds is 6. The third-order valence-corrected chi connectivity index (χ3v) is 3.25. The van der Waals surface area contributed by atoms with Crippen LogP contribution in [0.4, 0.5) is 0 Å². The van der Waals surface area contributed by atoms with E-state index in [9.17, 15) is 5.11 Å². The van der Waals surface area contributed by atoms with Crippen molar-refractivity contribution in [1.29, 1.82) is 0 Å². The van der Waals surface area contributed by atoms with Gasteiger partial charge in [0.1, 0.15) is 0 Å². The Morgan fingerprint density at radius 3 is 2.23 bits per heavy atom. The molecule has 0 bridgehead atoms. The highest BCUT2D eigenvalue weighted by molar-refractivity contribution is 4.82. The molecular weight excluding hydrogens is 160 g/mol. The number of aliphatic hydroxyl groups is 1. The van der Waals surface area contributed by atoms with E-state index in [1.54, 1.807) is 0 Å². The van der Waals surface area contributed by atoms with Gasteiger partial charge in [0, 0.05) is 0 Å². The maximum atomic E-state index is 9.84. The monoisotopic (exact) mass is 184 g/mol. The second kappa shape index (κ2) is 4.99. The van der Waals surface area contributed by atoms with E-state index in [2.05, 4.69) is 20.8 Å². The van der Waals surface area contributed by atoms with E-state index in [-0.39, 0.29) is 6.10 Å². The Labute approximate surface area is 82.5 Å². The van der Waals surface area contributed by atoms with Gasteiger partial charge in [0.2, 0.25) is 0 Å². The fraction of sp³-hybridized carbons (Fsp3) is 1.00. The number of aliphatic hydroxyl groups excluding tert-OH is 1. The third kappa shape index (κ3) is 4.12. The second-order valence-corrected chi connectivity index (χ2v) is 5.09. The molecule has 0 spiro atoms. The number of hydrogen-bond acceptors (Lipinski definition) is 1. The summed E-state index contributed by atoms with van der Waals surface area (Å²) in [6, 6.07) is 0.